The molecule has 0 bridgehead atoms. The molecular formula is C28H21N5O2S. The summed E-state index contributed by atoms with van der Waals surface area (Å²) in [5, 5.41) is 9.32. The summed E-state index contributed by atoms with van der Waals surface area (Å²) in [6.07, 6.45) is 3.79. The quantitative estimate of drug-likeness (QED) is 0.354. The number of hydrogen-bond donors (Lipinski definition) is 0. The van der Waals surface area contributed by atoms with E-state index in [0.717, 1.165) is 39.4 Å². The van der Waals surface area contributed by atoms with Crippen LogP contribution in [0.15, 0.2) is 89.9 Å². The number of aromatic nitrogens is 5. The number of benzene rings is 3. The Balaban J connectivity index is 1.47. The van der Waals surface area contributed by atoms with E-state index in [1.54, 1.807) is 7.11 Å². The predicted octanol–water partition coefficient (Wildman–Crippen LogP) is 4.54. The lowest BCUT2D eigenvalue weighted by Gasteiger charge is -2.02. The van der Waals surface area contributed by atoms with Crippen molar-refractivity contribution in [2.24, 2.45) is 0 Å². The maximum Gasteiger partial charge on any atom is 0.291 e. The van der Waals surface area contributed by atoms with Crippen LogP contribution in [0.25, 0.3) is 39.4 Å². The maximum atomic E-state index is 13.2. The van der Waals surface area contributed by atoms with Crippen LogP contribution in [0.2, 0.25) is 0 Å². The third-order valence-electron chi connectivity index (χ3n) is 5.90. The molecule has 6 rings (SSSR count). The van der Waals surface area contributed by atoms with Gasteiger partial charge in [0.15, 0.2) is 5.82 Å². The summed E-state index contributed by atoms with van der Waals surface area (Å²) in [7, 11) is 1.64. The van der Waals surface area contributed by atoms with E-state index < -0.39 is 0 Å². The molecule has 0 unspecified atom stereocenters. The van der Waals surface area contributed by atoms with Crippen LogP contribution < -0.4 is 14.8 Å². The number of thiazole rings is 1. The number of ether oxygens (including phenoxy) is 1. The van der Waals surface area contributed by atoms with E-state index in [1.807, 2.05) is 103 Å². The van der Waals surface area contributed by atoms with Crippen LogP contribution in [0.1, 0.15) is 11.1 Å². The second kappa shape index (κ2) is 8.90. The Hall–Kier alpha value is -4.56. The smallest absolute Gasteiger partial charge is 0.291 e. The molecule has 176 valence electrons. The molecule has 0 radical (unpaired) electrons. The lowest BCUT2D eigenvalue weighted by Crippen LogP contribution is -2.23. The molecule has 0 amide bonds. The number of fused-ring (bicyclic) bond motifs is 1. The first kappa shape index (κ1) is 21.9. The van der Waals surface area contributed by atoms with Crippen LogP contribution in [0.5, 0.6) is 5.75 Å². The molecule has 0 fully saturated rings. The standard InChI is InChI=1S/C28H21N5O2S/c1-18-8-10-20(11-9-18)26-29-28-33(31-26)27(34)24(36-28)16-21-17-32(22-6-4-3-5-7-22)30-25(21)19-12-14-23(35-2)15-13-19/h3-17H,1-2H3/b24-16+. The summed E-state index contributed by atoms with van der Waals surface area (Å²) in [4.78, 5) is 18.4. The van der Waals surface area contributed by atoms with Gasteiger partial charge in [-0.25, -0.2) is 4.68 Å². The summed E-state index contributed by atoms with van der Waals surface area (Å²) in [5.41, 5.74) is 5.28. The van der Waals surface area contributed by atoms with Crippen molar-refractivity contribution in [1.82, 2.24) is 24.4 Å². The normalized spacial score (nSPS) is 11.9. The van der Waals surface area contributed by atoms with E-state index in [4.69, 9.17) is 9.84 Å². The maximum absolute atomic E-state index is 13.2. The minimum atomic E-state index is -0.200. The second-order valence-corrected chi connectivity index (χ2v) is 9.36. The summed E-state index contributed by atoms with van der Waals surface area (Å²) < 4.78 is 9.05. The van der Waals surface area contributed by atoms with Crippen molar-refractivity contribution in [3.8, 4) is 34.1 Å². The van der Waals surface area contributed by atoms with Gasteiger partial charge in [0.05, 0.1) is 17.3 Å². The fourth-order valence-corrected chi connectivity index (χ4v) is 4.88. The number of aryl methyl sites for hydroxylation is 1. The number of rotatable bonds is 5. The van der Waals surface area contributed by atoms with Gasteiger partial charge >= 0.3 is 0 Å². The molecule has 0 aliphatic heterocycles. The summed E-state index contributed by atoms with van der Waals surface area (Å²) in [5.74, 6) is 1.31. The van der Waals surface area contributed by atoms with E-state index >= 15 is 0 Å². The molecule has 8 heteroatoms. The molecule has 0 atom stereocenters. The van der Waals surface area contributed by atoms with Gasteiger partial charge in [0.1, 0.15) is 11.4 Å². The molecule has 0 aliphatic rings. The van der Waals surface area contributed by atoms with Crippen LogP contribution in [-0.4, -0.2) is 31.5 Å². The molecule has 0 saturated heterocycles. The highest BCUT2D eigenvalue weighted by molar-refractivity contribution is 7.15. The Kier molecular flexibility index (Phi) is 5.42. The number of nitrogens with zero attached hydrogens (tertiary/aromatic N) is 5. The second-order valence-electron chi connectivity index (χ2n) is 8.35. The topological polar surface area (TPSA) is 74.3 Å². The van der Waals surface area contributed by atoms with Crippen LogP contribution >= 0.6 is 11.3 Å². The van der Waals surface area contributed by atoms with Crippen molar-refractivity contribution in [3.05, 3.63) is 111 Å². The molecule has 0 aliphatic carbocycles. The summed E-state index contributed by atoms with van der Waals surface area (Å²) in [6.45, 7) is 2.03. The van der Waals surface area contributed by atoms with E-state index in [-0.39, 0.29) is 5.56 Å². The lowest BCUT2D eigenvalue weighted by atomic mass is 10.1. The first-order valence-corrected chi connectivity index (χ1v) is 12.2. The molecule has 3 heterocycles. The van der Waals surface area contributed by atoms with E-state index in [2.05, 4.69) is 10.1 Å². The van der Waals surface area contributed by atoms with Crippen LogP contribution in [0.3, 0.4) is 0 Å². The Morgan fingerprint density at radius 2 is 1.61 bits per heavy atom. The molecule has 0 saturated carbocycles. The highest BCUT2D eigenvalue weighted by Gasteiger charge is 2.15. The molecule has 7 nitrogen and oxygen atoms in total. The van der Waals surface area contributed by atoms with Gasteiger partial charge in [0.25, 0.3) is 5.56 Å². The predicted molar refractivity (Wildman–Crippen MR) is 142 cm³/mol. The molecule has 3 aromatic carbocycles. The number of para-hydroxylation sites is 1. The van der Waals surface area contributed by atoms with Crippen molar-refractivity contribution in [2.45, 2.75) is 6.92 Å². The molecular weight excluding hydrogens is 470 g/mol. The SMILES string of the molecule is COc1ccc(-c2nn(-c3ccccc3)cc2/C=c2/sc3nc(-c4ccc(C)cc4)nn3c2=O)cc1. The van der Waals surface area contributed by atoms with Gasteiger partial charge in [0, 0.05) is 22.9 Å². The minimum Gasteiger partial charge on any atom is -0.497 e. The largest absolute Gasteiger partial charge is 0.497 e. The van der Waals surface area contributed by atoms with Crippen LogP contribution in [0.4, 0.5) is 0 Å². The van der Waals surface area contributed by atoms with Crippen molar-refractivity contribution >= 4 is 22.4 Å². The third kappa shape index (κ3) is 3.97. The first-order valence-electron chi connectivity index (χ1n) is 11.4. The fourth-order valence-electron chi connectivity index (χ4n) is 3.98. The van der Waals surface area contributed by atoms with Crippen LogP contribution in [0, 0.1) is 6.92 Å². The Morgan fingerprint density at radius 1 is 0.889 bits per heavy atom. The van der Waals surface area contributed by atoms with Gasteiger partial charge in [-0.15, -0.1) is 5.10 Å². The van der Waals surface area contributed by atoms with Gasteiger partial charge in [-0.1, -0.05) is 59.4 Å². The highest BCUT2D eigenvalue weighted by atomic mass is 32.1. The zero-order chi connectivity index (χ0) is 24.6. The lowest BCUT2D eigenvalue weighted by molar-refractivity contribution is 0.415. The van der Waals surface area contributed by atoms with Crippen molar-refractivity contribution in [2.75, 3.05) is 7.11 Å². The van der Waals surface area contributed by atoms with Gasteiger partial charge in [-0.3, -0.25) is 4.79 Å². The average molecular weight is 492 g/mol. The molecule has 0 spiro atoms. The number of hydrogen-bond acceptors (Lipinski definition) is 6. The van der Waals surface area contributed by atoms with Gasteiger partial charge in [-0.05, 0) is 49.4 Å². The molecule has 6 aromatic rings. The van der Waals surface area contributed by atoms with E-state index in [1.165, 1.54) is 15.9 Å². The Bertz CT molecular complexity index is 1780. The first-order chi connectivity index (χ1) is 17.6. The Labute approximate surface area is 210 Å². The van der Waals surface area contributed by atoms with Crippen molar-refractivity contribution < 1.29 is 4.74 Å². The van der Waals surface area contributed by atoms with Crippen molar-refractivity contribution in [1.29, 1.82) is 0 Å². The van der Waals surface area contributed by atoms with Crippen molar-refractivity contribution in [3.63, 3.8) is 0 Å². The fraction of sp³-hybridized carbons (Fsp3) is 0.0714. The number of methoxy groups -OCH3 is 1. The highest BCUT2D eigenvalue weighted by Crippen LogP contribution is 2.26. The molecule has 0 N–H and O–H groups in total. The van der Waals surface area contributed by atoms with Gasteiger partial charge in [0.2, 0.25) is 4.96 Å². The Morgan fingerprint density at radius 3 is 2.31 bits per heavy atom. The molecule has 3 aromatic heterocycles. The minimum absolute atomic E-state index is 0.200. The zero-order valence-corrected chi connectivity index (χ0v) is 20.4. The monoisotopic (exact) mass is 491 g/mol. The third-order valence-corrected chi connectivity index (χ3v) is 6.86. The van der Waals surface area contributed by atoms with Gasteiger partial charge in [-0.2, -0.15) is 14.6 Å². The molecule has 36 heavy (non-hydrogen) atoms. The summed E-state index contributed by atoms with van der Waals surface area (Å²) >= 11 is 1.32. The average Bonchev–Trinajstić information content (AvgIpc) is 3.60. The van der Waals surface area contributed by atoms with E-state index in [0.29, 0.717) is 15.3 Å². The van der Waals surface area contributed by atoms with E-state index in [9.17, 15) is 4.79 Å². The van der Waals surface area contributed by atoms with Gasteiger partial charge < -0.3 is 4.74 Å². The zero-order valence-electron chi connectivity index (χ0n) is 19.6. The summed E-state index contributed by atoms with van der Waals surface area (Å²) in [6, 6.07) is 25.5. The van der Waals surface area contributed by atoms with Crippen LogP contribution in [-0.2, 0) is 0 Å².